The van der Waals surface area contributed by atoms with E-state index in [-0.39, 0.29) is 15.7 Å². The number of nitrogens with zero attached hydrogens (tertiary/aromatic N) is 5. The third kappa shape index (κ3) is 3.69. The molecular weight excluding hydrogens is 419 g/mol. The third-order valence-electron chi connectivity index (χ3n) is 5.74. The standard InChI is InChI=1S/C19H22F3N5S2/c1-18(2)9-23-17(29-18)27-8-11-3-4-12(27)7-26(11)15-14-5-13(6-19(20,21)22)28-16(14)25-10-24-15/h5,10-12H,3-4,6-9H2,1-2H3/t11-,12-/m0/s1. The van der Waals surface area contributed by atoms with Crippen LogP contribution in [0.2, 0.25) is 0 Å². The van der Waals surface area contributed by atoms with E-state index in [9.17, 15) is 13.2 Å². The SMILES string of the molecule is CC1(C)CN=C(N2C[C@@H]3CC[C@H]2CN3c2ncnc3sc(CC(F)(F)F)cc23)S1. The molecule has 0 saturated carbocycles. The van der Waals surface area contributed by atoms with Gasteiger partial charge in [0.1, 0.15) is 17.0 Å². The second kappa shape index (κ2) is 6.73. The molecule has 4 aliphatic heterocycles. The Balaban J connectivity index is 1.41. The molecule has 0 amide bonds. The van der Waals surface area contributed by atoms with E-state index in [2.05, 4.69) is 33.6 Å². The van der Waals surface area contributed by atoms with E-state index < -0.39 is 12.6 Å². The van der Waals surface area contributed by atoms with Gasteiger partial charge in [-0.3, -0.25) is 4.99 Å². The summed E-state index contributed by atoms with van der Waals surface area (Å²) in [5.74, 6) is 0.773. The second-order valence-electron chi connectivity index (χ2n) is 8.57. The molecule has 0 spiro atoms. The number of alkyl halides is 3. The lowest BCUT2D eigenvalue weighted by molar-refractivity contribution is -0.126. The van der Waals surface area contributed by atoms with Crippen molar-refractivity contribution < 1.29 is 13.2 Å². The van der Waals surface area contributed by atoms with Crippen LogP contribution in [0.25, 0.3) is 10.2 Å². The number of thioether (sulfide) groups is 1. The summed E-state index contributed by atoms with van der Waals surface area (Å²) < 4.78 is 38.7. The van der Waals surface area contributed by atoms with Crippen molar-refractivity contribution in [1.29, 1.82) is 0 Å². The van der Waals surface area contributed by atoms with Crippen molar-refractivity contribution in [2.75, 3.05) is 24.5 Å². The van der Waals surface area contributed by atoms with Crippen molar-refractivity contribution in [3.05, 3.63) is 17.3 Å². The van der Waals surface area contributed by atoms with Crippen molar-refractivity contribution in [3.8, 4) is 0 Å². The molecule has 0 aliphatic carbocycles. The van der Waals surface area contributed by atoms with E-state index in [0.29, 0.717) is 10.9 Å². The van der Waals surface area contributed by atoms with E-state index >= 15 is 0 Å². The number of piperazine rings is 1. The number of hydrogen-bond acceptors (Lipinski definition) is 7. The summed E-state index contributed by atoms with van der Waals surface area (Å²) in [7, 11) is 0. The van der Waals surface area contributed by atoms with Gasteiger partial charge in [-0.1, -0.05) is 11.8 Å². The molecule has 0 radical (unpaired) electrons. The number of aromatic nitrogens is 2. The third-order valence-corrected chi connectivity index (χ3v) is 8.01. The largest absolute Gasteiger partial charge is 0.393 e. The normalized spacial score (nSPS) is 26.4. The number of fused-ring (bicyclic) bond motifs is 4. The molecule has 0 aromatic carbocycles. The molecule has 2 bridgehead atoms. The first-order valence-corrected chi connectivity index (χ1v) is 11.4. The number of anilines is 1. The van der Waals surface area contributed by atoms with E-state index in [1.54, 1.807) is 6.07 Å². The van der Waals surface area contributed by atoms with E-state index in [1.807, 2.05) is 11.8 Å². The molecule has 0 unspecified atom stereocenters. The zero-order chi connectivity index (χ0) is 20.4. The average molecular weight is 442 g/mol. The Labute approximate surface area is 175 Å². The summed E-state index contributed by atoms with van der Waals surface area (Å²) in [6.07, 6.45) is -1.48. The first-order valence-electron chi connectivity index (χ1n) is 9.75. The number of hydrogen-bond donors (Lipinski definition) is 0. The van der Waals surface area contributed by atoms with Gasteiger partial charge in [0.05, 0.1) is 18.4 Å². The van der Waals surface area contributed by atoms with Crippen LogP contribution in [-0.2, 0) is 6.42 Å². The molecule has 156 valence electrons. The zero-order valence-electron chi connectivity index (χ0n) is 16.2. The molecular formula is C19H22F3N5S2. The van der Waals surface area contributed by atoms with Crippen molar-refractivity contribution in [1.82, 2.24) is 14.9 Å². The maximum Gasteiger partial charge on any atom is 0.393 e. The number of halogens is 3. The first-order chi connectivity index (χ1) is 13.7. The van der Waals surface area contributed by atoms with Crippen molar-refractivity contribution in [2.45, 2.75) is 56.1 Å². The topological polar surface area (TPSA) is 44.6 Å². The molecule has 3 fully saturated rings. The number of thiophene rings is 1. The predicted octanol–water partition coefficient (Wildman–Crippen LogP) is 4.33. The second-order valence-corrected chi connectivity index (χ2v) is 11.4. The highest BCUT2D eigenvalue weighted by molar-refractivity contribution is 8.15. The highest BCUT2D eigenvalue weighted by Crippen LogP contribution is 2.41. The van der Waals surface area contributed by atoms with Gasteiger partial charge in [0.2, 0.25) is 0 Å². The van der Waals surface area contributed by atoms with Crippen LogP contribution >= 0.6 is 23.1 Å². The highest BCUT2D eigenvalue weighted by atomic mass is 32.2. The lowest BCUT2D eigenvalue weighted by Crippen LogP contribution is -2.63. The van der Waals surface area contributed by atoms with Gasteiger partial charge in [-0.2, -0.15) is 13.2 Å². The average Bonchev–Trinajstić information content (AvgIpc) is 3.22. The fourth-order valence-corrected chi connectivity index (χ4v) is 6.56. The Morgan fingerprint density at radius 1 is 1.14 bits per heavy atom. The van der Waals surface area contributed by atoms with Gasteiger partial charge in [-0.05, 0) is 32.8 Å². The molecule has 6 heterocycles. The molecule has 6 rings (SSSR count). The molecule has 2 aromatic rings. The van der Waals surface area contributed by atoms with Gasteiger partial charge < -0.3 is 9.80 Å². The monoisotopic (exact) mass is 441 g/mol. The number of piperidine rings is 2. The van der Waals surface area contributed by atoms with Gasteiger partial charge in [-0.25, -0.2) is 9.97 Å². The fraction of sp³-hybridized carbons (Fsp3) is 0.632. The summed E-state index contributed by atoms with van der Waals surface area (Å²) in [6, 6.07) is 2.27. The molecule has 3 saturated heterocycles. The van der Waals surface area contributed by atoms with Crippen molar-refractivity contribution >= 4 is 44.3 Å². The van der Waals surface area contributed by atoms with Gasteiger partial charge in [-0.15, -0.1) is 11.3 Å². The van der Waals surface area contributed by atoms with Gasteiger partial charge in [0.25, 0.3) is 0 Å². The molecule has 29 heavy (non-hydrogen) atoms. The van der Waals surface area contributed by atoms with Gasteiger partial charge in [0.15, 0.2) is 5.17 Å². The summed E-state index contributed by atoms with van der Waals surface area (Å²) in [5, 5.41) is 1.88. The summed E-state index contributed by atoms with van der Waals surface area (Å²) >= 11 is 2.96. The smallest absolute Gasteiger partial charge is 0.349 e. The van der Waals surface area contributed by atoms with Crippen LogP contribution < -0.4 is 4.90 Å². The lowest BCUT2D eigenvalue weighted by atomic mass is 9.91. The van der Waals surface area contributed by atoms with Crippen LogP contribution in [0.5, 0.6) is 0 Å². The van der Waals surface area contributed by atoms with Crippen LogP contribution in [-0.4, -0.2) is 62.7 Å². The van der Waals surface area contributed by atoms with Gasteiger partial charge in [0, 0.05) is 34.8 Å². The first kappa shape index (κ1) is 19.4. The minimum Gasteiger partial charge on any atom is -0.349 e. The number of rotatable bonds is 2. The molecule has 2 aromatic heterocycles. The molecule has 4 aliphatic rings. The Hall–Kier alpha value is -1.55. The number of aliphatic imine (C=N–C) groups is 1. The minimum atomic E-state index is -4.22. The Morgan fingerprint density at radius 2 is 1.86 bits per heavy atom. The lowest BCUT2D eigenvalue weighted by Gasteiger charge is -2.52. The Morgan fingerprint density at radius 3 is 2.48 bits per heavy atom. The summed E-state index contributed by atoms with van der Waals surface area (Å²) in [5.41, 5.74) is 0. The quantitative estimate of drug-likeness (QED) is 0.694. The van der Waals surface area contributed by atoms with E-state index in [0.717, 1.165) is 60.2 Å². The molecule has 0 N–H and O–H groups in total. The maximum absolute atomic E-state index is 12.8. The van der Waals surface area contributed by atoms with Crippen LogP contribution in [0.4, 0.5) is 19.0 Å². The van der Waals surface area contributed by atoms with Gasteiger partial charge >= 0.3 is 6.18 Å². The number of amidine groups is 1. The van der Waals surface area contributed by atoms with Crippen molar-refractivity contribution in [3.63, 3.8) is 0 Å². The summed E-state index contributed by atoms with van der Waals surface area (Å²) in [6.45, 7) is 6.98. The van der Waals surface area contributed by atoms with Crippen molar-refractivity contribution in [2.24, 2.45) is 4.99 Å². The van der Waals surface area contributed by atoms with E-state index in [4.69, 9.17) is 4.99 Å². The predicted molar refractivity (Wildman–Crippen MR) is 112 cm³/mol. The zero-order valence-corrected chi connectivity index (χ0v) is 17.9. The van der Waals surface area contributed by atoms with Crippen LogP contribution in [0.1, 0.15) is 31.6 Å². The fourth-order valence-electron chi connectivity index (χ4n) is 4.45. The minimum absolute atomic E-state index is 0.149. The molecule has 2 atom stereocenters. The Kier molecular flexibility index (Phi) is 4.51. The van der Waals surface area contributed by atoms with E-state index in [1.165, 1.54) is 6.33 Å². The van der Waals surface area contributed by atoms with Crippen LogP contribution in [0.3, 0.4) is 0 Å². The van der Waals surface area contributed by atoms with Crippen LogP contribution in [0.15, 0.2) is 17.4 Å². The van der Waals surface area contributed by atoms with Crippen LogP contribution in [0, 0.1) is 0 Å². The summed E-state index contributed by atoms with van der Waals surface area (Å²) in [4.78, 5) is 19.1. The Bertz CT molecular complexity index is 970. The molecule has 5 nitrogen and oxygen atoms in total. The highest BCUT2D eigenvalue weighted by Gasteiger charge is 2.43. The maximum atomic E-state index is 12.8. The molecule has 10 heteroatoms.